The van der Waals surface area contributed by atoms with Crippen molar-refractivity contribution in [2.75, 3.05) is 0 Å². The molecule has 0 aliphatic carbocycles. The molecule has 1 atom stereocenters. The van der Waals surface area contributed by atoms with Crippen LogP contribution in [0.5, 0.6) is 0 Å². The van der Waals surface area contributed by atoms with Gasteiger partial charge in [-0.3, -0.25) is 0 Å². The van der Waals surface area contributed by atoms with Crippen LogP contribution in [-0.2, 0) is 13.0 Å². The molecular weight excluding hydrogens is 258 g/mol. The molecule has 3 nitrogen and oxygen atoms in total. The number of nitrogens with zero attached hydrogens (tertiary/aromatic N) is 2. The van der Waals surface area contributed by atoms with Crippen LogP contribution < -0.4 is 5.73 Å². The Morgan fingerprint density at radius 1 is 1.14 bits per heavy atom. The SMILES string of the molecule is CCCn1ccnc1C(N)Cc1cccc2ccccc12. The number of fused-ring (bicyclic) bond motifs is 1. The van der Waals surface area contributed by atoms with Crippen LogP contribution in [0.1, 0.15) is 30.8 Å². The molecule has 0 bridgehead atoms. The van der Waals surface area contributed by atoms with Gasteiger partial charge < -0.3 is 10.3 Å². The van der Waals surface area contributed by atoms with Crippen molar-refractivity contribution < 1.29 is 0 Å². The highest BCUT2D eigenvalue weighted by Gasteiger charge is 2.14. The van der Waals surface area contributed by atoms with E-state index in [1.54, 1.807) is 0 Å². The van der Waals surface area contributed by atoms with E-state index in [0.29, 0.717) is 0 Å². The summed E-state index contributed by atoms with van der Waals surface area (Å²) in [6.45, 7) is 3.14. The number of benzene rings is 2. The minimum absolute atomic E-state index is 0.0719. The zero-order valence-corrected chi connectivity index (χ0v) is 12.4. The molecule has 21 heavy (non-hydrogen) atoms. The third kappa shape index (κ3) is 2.83. The summed E-state index contributed by atoms with van der Waals surface area (Å²) in [6, 6.07) is 14.8. The van der Waals surface area contributed by atoms with Crippen LogP contribution in [0.15, 0.2) is 54.9 Å². The molecule has 1 aromatic heterocycles. The minimum Gasteiger partial charge on any atom is -0.334 e. The van der Waals surface area contributed by atoms with E-state index in [9.17, 15) is 0 Å². The Bertz CT molecular complexity index is 725. The molecule has 0 saturated heterocycles. The molecule has 108 valence electrons. The number of imidazole rings is 1. The number of rotatable bonds is 5. The predicted molar refractivity (Wildman–Crippen MR) is 87.1 cm³/mol. The number of nitrogens with two attached hydrogens (primary N) is 1. The largest absolute Gasteiger partial charge is 0.334 e. The Labute approximate surface area is 125 Å². The Balaban J connectivity index is 1.89. The van der Waals surface area contributed by atoms with E-state index in [1.165, 1.54) is 16.3 Å². The molecule has 0 amide bonds. The van der Waals surface area contributed by atoms with Gasteiger partial charge >= 0.3 is 0 Å². The van der Waals surface area contributed by atoms with Gasteiger partial charge in [-0.2, -0.15) is 0 Å². The van der Waals surface area contributed by atoms with Crippen molar-refractivity contribution in [2.45, 2.75) is 32.4 Å². The first-order chi connectivity index (χ1) is 10.3. The molecule has 1 heterocycles. The lowest BCUT2D eigenvalue weighted by Crippen LogP contribution is -2.19. The summed E-state index contributed by atoms with van der Waals surface area (Å²) in [4.78, 5) is 4.45. The van der Waals surface area contributed by atoms with Crippen molar-refractivity contribution in [3.63, 3.8) is 0 Å². The average molecular weight is 279 g/mol. The van der Waals surface area contributed by atoms with Gasteiger partial charge in [0.1, 0.15) is 5.82 Å². The maximum atomic E-state index is 6.41. The van der Waals surface area contributed by atoms with Gasteiger partial charge in [0.15, 0.2) is 0 Å². The van der Waals surface area contributed by atoms with Gasteiger partial charge in [0.05, 0.1) is 6.04 Å². The molecule has 1 unspecified atom stereocenters. The van der Waals surface area contributed by atoms with Crippen molar-refractivity contribution in [1.82, 2.24) is 9.55 Å². The lowest BCUT2D eigenvalue weighted by atomic mass is 9.99. The van der Waals surface area contributed by atoms with Crippen LogP contribution in [0, 0.1) is 0 Å². The molecule has 0 radical (unpaired) electrons. The highest BCUT2D eigenvalue weighted by Crippen LogP contribution is 2.23. The summed E-state index contributed by atoms with van der Waals surface area (Å²) >= 11 is 0. The molecule has 3 aromatic rings. The summed E-state index contributed by atoms with van der Waals surface area (Å²) in [5, 5.41) is 2.54. The monoisotopic (exact) mass is 279 g/mol. The van der Waals surface area contributed by atoms with E-state index >= 15 is 0 Å². The average Bonchev–Trinajstić information content (AvgIpc) is 2.96. The lowest BCUT2D eigenvalue weighted by molar-refractivity contribution is 0.575. The van der Waals surface area contributed by atoms with E-state index in [-0.39, 0.29) is 6.04 Å². The van der Waals surface area contributed by atoms with E-state index in [4.69, 9.17) is 5.73 Å². The van der Waals surface area contributed by atoms with Crippen molar-refractivity contribution in [3.8, 4) is 0 Å². The number of hydrogen-bond donors (Lipinski definition) is 1. The fourth-order valence-corrected chi connectivity index (χ4v) is 2.88. The summed E-state index contributed by atoms with van der Waals surface area (Å²) < 4.78 is 2.16. The molecule has 0 aliphatic heterocycles. The topological polar surface area (TPSA) is 43.8 Å². The van der Waals surface area contributed by atoms with Crippen molar-refractivity contribution in [3.05, 3.63) is 66.2 Å². The third-order valence-electron chi connectivity index (χ3n) is 3.86. The fraction of sp³-hybridized carbons (Fsp3) is 0.278. The quantitative estimate of drug-likeness (QED) is 0.774. The van der Waals surface area contributed by atoms with E-state index in [1.807, 2.05) is 12.4 Å². The van der Waals surface area contributed by atoms with E-state index < -0.39 is 0 Å². The van der Waals surface area contributed by atoms with Gasteiger partial charge in [-0.25, -0.2) is 4.98 Å². The van der Waals surface area contributed by atoms with Crippen molar-refractivity contribution in [2.24, 2.45) is 5.73 Å². The molecular formula is C18H21N3. The first-order valence-electron chi connectivity index (χ1n) is 7.53. The zero-order chi connectivity index (χ0) is 14.7. The second-order valence-electron chi connectivity index (χ2n) is 5.43. The number of aromatic nitrogens is 2. The minimum atomic E-state index is -0.0719. The van der Waals surface area contributed by atoms with Crippen molar-refractivity contribution in [1.29, 1.82) is 0 Å². The van der Waals surface area contributed by atoms with E-state index in [2.05, 4.69) is 58.9 Å². The van der Waals surface area contributed by atoms with Gasteiger partial charge in [-0.1, -0.05) is 49.4 Å². The number of aryl methyl sites for hydroxylation is 1. The highest BCUT2D eigenvalue weighted by molar-refractivity contribution is 5.85. The van der Waals surface area contributed by atoms with Crippen LogP contribution in [0.4, 0.5) is 0 Å². The molecule has 0 saturated carbocycles. The smallest absolute Gasteiger partial charge is 0.125 e. The lowest BCUT2D eigenvalue weighted by Gasteiger charge is -2.15. The van der Waals surface area contributed by atoms with Crippen molar-refractivity contribution >= 4 is 10.8 Å². The van der Waals surface area contributed by atoms with Gasteiger partial charge in [-0.15, -0.1) is 0 Å². The highest BCUT2D eigenvalue weighted by atomic mass is 15.1. The van der Waals surface area contributed by atoms with Crippen LogP contribution in [0.3, 0.4) is 0 Å². The van der Waals surface area contributed by atoms with Crippen LogP contribution in [0.2, 0.25) is 0 Å². The maximum absolute atomic E-state index is 6.41. The zero-order valence-electron chi connectivity index (χ0n) is 12.4. The summed E-state index contributed by atoms with van der Waals surface area (Å²) in [6.07, 6.45) is 5.75. The first-order valence-corrected chi connectivity index (χ1v) is 7.53. The Hall–Kier alpha value is -2.13. The van der Waals surface area contributed by atoms with Gasteiger partial charge in [0.25, 0.3) is 0 Å². The molecule has 0 fully saturated rings. The fourth-order valence-electron chi connectivity index (χ4n) is 2.88. The molecule has 3 rings (SSSR count). The second kappa shape index (κ2) is 6.10. The normalized spacial score (nSPS) is 12.7. The maximum Gasteiger partial charge on any atom is 0.125 e. The Kier molecular flexibility index (Phi) is 4.02. The number of hydrogen-bond acceptors (Lipinski definition) is 2. The molecule has 0 spiro atoms. The van der Waals surface area contributed by atoms with Crippen LogP contribution >= 0.6 is 0 Å². The standard InChI is InChI=1S/C18H21N3/c1-2-11-21-12-10-20-18(21)17(19)13-15-8-5-7-14-6-3-4-9-16(14)15/h3-10,12,17H,2,11,13,19H2,1H3. The molecule has 0 aliphatic rings. The van der Waals surface area contributed by atoms with Crippen LogP contribution in [0.25, 0.3) is 10.8 Å². The van der Waals surface area contributed by atoms with Gasteiger partial charge in [-0.05, 0) is 29.2 Å². The summed E-state index contributed by atoms with van der Waals surface area (Å²) in [7, 11) is 0. The predicted octanol–water partition coefficient (Wildman–Crippen LogP) is 3.69. The molecule has 2 aromatic carbocycles. The van der Waals surface area contributed by atoms with E-state index in [0.717, 1.165) is 25.2 Å². The third-order valence-corrected chi connectivity index (χ3v) is 3.86. The second-order valence-corrected chi connectivity index (χ2v) is 5.43. The molecule has 3 heteroatoms. The van der Waals surface area contributed by atoms with Gasteiger partial charge in [0, 0.05) is 18.9 Å². The summed E-state index contributed by atoms with van der Waals surface area (Å²) in [5.41, 5.74) is 7.69. The van der Waals surface area contributed by atoms with Crippen LogP contribution in [-0.4, -0.2) is 9.55 Å². The first kappa shape index (κ1) is 13.8. The Morgan fingerprint density at radius 3 is 2.81 bits per heavy atom. The van der Waals surface area contributed by atoms with Gasteiger partial charge in [0.2, 0.25) is 0 Å². The summed E-state index contributed by atoms with van der Waals surface area (Å²) in [5.74, 6) is 0.977. The molecule has 2 N–H and O–H groups in total. The Morgan fingerprint density at radius 2 is 1.95 bits per heavy atom.